The van der Waals surface area contributed by atoms with E-state index >= 15 is 0 Å². The van der Waals surface area contributed by atoms with Gasteiger partial charge in [-0.3, -0.25) is 9.59 Å². The van der Waals surface area contributed by atoms with Gasteiger partial charge in [0.2, 0.25) is 12.7 Å². The molecule has 0 bridgehead atoms. The molecule has 0 aromatic heterocycles. The van der Waals surface area contributed by atoms with Gasteiger partial charge in [-0.05, 0) is 36.2 Å². The summed E-state index contributed by atoms with van der Waals surface area (Å²) in [5.74, 6) is 0.955. The van der Waals surface area contributed by atoms with Gasteiger partial charge in [-0.2, -0.15) is 0 Å². The standard InChI is InChI=1S/C24H26N2O5/c1-16-4-2-3-5-18(16)19-13-26(14-20(19)24(28)25-8-10-29-11-9-25)23(27)17-6-7-21-22(12-17)31-15-30-21/h2-7,12,19-20H,8-11,13-15H2,1H3. The molecule has 2 amide bonds. The van der Waals surface area contributed by atoms with E-state index in [1.165, 1.54) is 0 Å². The molecule has 162 valence electrons. The van der Waals surface area contributed by atoms with Crippen LogP contribution in [0.3, 0.4) is 0 Å². The Labute approximate surface area is 181 Å². The minimum Gasteiger partial charge on any atom is -0.454 e. The zero-order valence-corrected chi connectivity index (χ0v) is 17.6. The SMILES string of the molecule is Cc1ccccc1C1CN(C(=O)c2ccc3c(c2)OCO3)CC1C(=O)N1CCOCC1. The first kappa shape index (κ1) is 19.9. The number of carbonyl (C=O) groups excluding carboxylic acids is 2. The first-order valence-corrected chi connectivity index (χ1v) is 10.7. The van der Waals surface area contributed by atoms with Gasteiger partial charge >= 0.3 is 0 Å². The van der Waals surface area contributed by atoms with E-state index in [1.54, 1.807) is 23.1 Å². The molecule has 31 heavy (non-hydrogen) atoms. The van der Waals surface area contributed by atoms with Crippen molar-refractivity contribution < 1.29 is 23.8 Å². The molecular formula is C24H26N2O5. The highest BCUT2D eigenvalue weighted by Gasteiger charge is 2.43. The predicted octanol–water partition coefficient (Wildman–Crippen LogP) is 2.44. The number of amides is 2. The third-order valence-electron chi connectivity index (χ3n) is 6.45. The van der Waals surface area contributed by atoms with Crippen molar-refractivity contribution in [2.45, 2.75) is 12.8 Å². The highest BCUT2D eigenvalue weighted by molar-refractivity contribution is 5.96. The molecule has 3 aliphatic heterocycles. The van der Waals surface area contributed by atoms with Gasteiger partial charge in [-0.25, -0.2) is 0 Å². The Balaban J connectivity index is 1.42. The van der Waals surface area contributed by atoms with E-state index in [9.17, 15) is 9.59 Å². The summed E-state index contributed by atoms with van der Waals surface area (Å²) in [4.78, 5) is 30.5. The van der Waals surface area contributed by atoms with Gasteiger partial charge in [0.25, 0.3) is 5.91 Å². The van der Waals surface area contributed by atoms with Crippen molar-refractivity contribution in [1.82, 2.24) is 9.80 Å². The lowest BCUT2D eigenvalue weighted by Crippen LogP contribution is -2.45. The van der Waals surface area contributed by atoms with E-state index in [0.29, 0.717) is 56.5 Å². The number of nitrogens with zero attached hydrogens (tertiary/aromatic N) is 2. The third-order valence-corrected chi connectivity index (χ3v) is 6.45. The molecule has 2 atom stereocenters. The smallest absolute Gasteiger partial charge is 0.254 e. The second-order valence-electron chi connectivity index (χ2n) is 8.29. The van der Waals surface area contributed by atoms with Crippen molar-refractivity contribution in [3.63, 3.8) is 0 Å². The quantitative estimate of drug-likeness (QED) is 0.760. The largest absolute Gasteiger partial charge is 0.454 e. The molecule has 2 fully saturated rings. The van der Waals surface area contributed by atoms with Crippen LogP contribution in [0.1, 0.15) is 27.4 Å². The van der Waals surface area contributed by atoms with Crippen LogP contribution in [0.15, 0.2) is 42.5 Å². The number of rotatable bonds is 3. The van der Waals surface area contributed by atoms with Crippen molar-refractivity contribution in [1.29, 1.82) is 0 Å². The van der Waals surface area contributed by atoms with E-state index in [1.807, 2.05) is 17.0 Å². The first-order valence-electron chi connectivity index (χ1n) is 10.7. The number of fused-ring (bicyclic) bond motifs is 1. The summed E-state index contributed by atoms with van der Waals surface area (Å²) in [6.45, 7) is 5.48. The lowest BCUT2D eigenvalue weighted by Gasteiger charge is -2.31. The van der Waals surface area contributed by atoms with Gasteiger partial charge in [0, 0.05) is 37.7 Å². The fraction of sp³-hybridized carbons (Fsp3) is 0.417. The Morgan fingerprint density at radius 2 is 1.71 bits per heavy atom. The second-order valence-corrected chi connectivity index (χ2v) is 8.29. The fourth-order valence-electron chi connectivity index (χ4n) is 4.77. The van der Waals surface area contributed by atoms with Crippen molar-refractivity contribution in [2.24, 2.45) is 5.92 Å². The number of carbonyl (C=O) groups is 2. The number of hydrogen-bond acceptors (Lipinski definition) is 5. The van der Waals surface area contributed by atoms with Gasteiger partial charge in [0.05, 0.1) is 19.1 Å². The van der Waals surface area contributed by atoms with Crippen molar-refractivity contribution in [2.75, 3.05) is 46.2 Å². The van der Waals surface area contributed by atoms with Crippen LogP contribution in [-0.4, -0.2) is 67.8 Å². The maximum Gasteiger partial charge on any atom is 0.254 e. The molecule has 2 aromatic rings. The Morgan fingerprint density at radius 3 is 2.52 bits per heavy atom. The zero-order chi connectivity index (χ0) is 21.4. The zero-order valence-electron chi connectivity index (χ0n) is 17.6. The van der Waals surface area contributed by atoms with Crippen molar-refractivity contribution >= 4 is 11.8 Å². The lowest BCUT2D eigenvalue weighted by atomic mass is 9.85. The van der Waals surface area contributed by atoms with E-state index < -0.39 is 0 Å². The van der Waals surface area contributed by atoms with Gasteiger partial charge in [0.15, 0.2) is 11.5 Å². The van der Waals surface area contributed by atoms with Gasteiger partial charge in [-0.15, -0.1) is 0 Å². The van der Waals surface area contributed by atoms with Crippen LogP contribution < -0.4 is 9.47 Å². The summed E-state index contributed by atoms with van der Waals surface area (Å²) in [5, 5.41) is 0. The Morgan fingerprint density at radius 1 is 0.935 bits per heavy atom. The molecule has 3 aliphatic rings. The Hall–Kier alpha value is -3.06. The summed E-state index contributed by atoms with van der Waals surface area (Å²) in [7, 11) is 0. The van der Waals surface area contributed by atoms with Crippen LogP contribution >= 0.6 is 0 Å². The molecule has 0 spiro atoms. The fourth-order valence-corrected chi connectivity index (χ4v) is 4.77. The highest BCUT2D eigenvalue weighted by Crippen LogP contribution is 2.38. The predicted molar refractivity (Wildman–Crippen MR) is 113 cm³/mol. The number of aryl methyl sites for hydroxylation is 1. The van der Waals surface area contributed by atoms with E-state index in [0.717, 1.165) is 11.1 Å². The third kappa shape index (κ3) is 3.74. The molecule has 2 aromatic carbocycles. The topological polar surface area (TPSA) is 68.3 Å². The molecule has 0 aliphatic carbocycles. The van der Waals surface area contributed by atoms with Crippen LogP contribution in [0.25, 0.3) is 0 Å². The summed E-state index contributed by atoms with van der Waals surface area (Å²) in [6, 6.07) is 13.4. The molecule has 7 heteroatoms. The number of morpholine rings is 1. The van der Waals surface area contributed by atoms with Crippen LogP contribution in [0.5, 0.6) is 11.5 Å². The van der Waals surface area contributed by atoms with Gasteiger partial charge < -0.3 is 24.0 Å². The minimum atomic E-state index is -0.267. The first-order chi connectivity index (χ1) is 15.1. The summed E-state index contributed by atoms with van der Waals surface area (Å²) < 4.78 is 16.2. The maximum absolute atomic E-state index is 13.4. The van der Waals surface area contributed by atoms with Crippen molar-refractivity contribution in [3.05, 3.63) is 59.2 Å². The maximum atomic E-state index is 13.4. The van der Waals surface area contributed by atoms with Crippen LogP contribution in [0.2, 0.25) is 0 Å². The molecule has 2 unspecified atom stereocenters. The van der Waals surface area contributed by atoms with Crippen LogP contribution in [0.4, 0.5) is 0 Å². The molecular weight excluding hydrogens is 396 g/mol. The molecule has 0 N–H and O–H groups in total. The van der Waals surface area contributed by atoms with Crippen molar-refractivity contribution in [3.8, 4) is 11.5 Å². The average Bonchev–Trinajstić information content (AvgIpc) is 3.46. The number of hydrogen-bond donors (Lipinski definition) is 0. The number of ether oxygens (including phenoxy) is 3. The Kier molecular flexibility index (Phi) is 5.28. The van der Waals surface area contributed by atoms with E-state index in [-0.39, 0.29) is 30.4 Å². The van der Waals surface area contributed by atoms with Crippen LogP contribution in [-0.2, 0) is 9.53 Å². The number of likely N-dealkylation sites (tertiary alicyclic amines) is 1. The minimum absolute atomic E-state index is 0.0329. The van der Waals surface area contributed by atoms with Crippen LogP contribution in [0, 0.1) is 12.8 Å². The normalized spacial score (nSPS) is 22.6. The van der Waals surface area contributed by atoms with Gasteiger partial charge in [-0.1, -0.05) is 24.3 Å². The molecule has 3 heterocycles. The van der Waals surface area contributed by atoms with E-state index in [2.05, 4.69) is 19.1 Å². The van der Waals surface area contributed by atoms with E-state index in [4.69, 9.17) is 14.2 Å². The molecule has 0 saturated carbocycles. The number of benzene rings is 2. The average molecular weight is 422 g/mol. The highest BCUT2D eigenvalue weighted by atomic mass is 16.7. The molecule has 5 rings (SSSR count). The summed E-state index contributed by atoms with van der Waals surface area (Å²) in [6.07, 6.45) is 0. The van der Waals surface area contributed by atoms with Gasteiger partial charge in [0.1, 0.15) is 0 Å². The monoisotopic (exact) mass is 422 g/mol. The Bertz CT molecular complexity index is 1000. The summed E-state index contributed by atoms with van der Waals surface area (Å²) >= 11 is 0. The molecule has 7 nitrogen and oxygen atoms in total. The molecule has 0 radical (unpaired) electrons. The lowest BCUT2D eigenvalue weighted by molar-refractivity contribution is -0.139. The summed E-state index contributed by atoms with van der Waals surface area (Å²) in [5.41, 5.74) is 2.83. The molecule has 2 saturated heterocycles. The second kappa shape index (κ2) is 8.23.